The van der Waals surface area contributed by atoms with E-state index >= 15 is 0 Å². The molecule has 1 unspecified atom stereocenters. The fourth-order valence-electron chi connectivity index (χ4n) is 2.82. The number of ether oxygens (including phenoxy) is 1. The Kier molecular flexibility index (Phi) is 5.51. The smallest absolute Gasteiger partial charge is 0.180 e. The summed E-state index contributed by atoms with van der Waals surface area (Å²) in [5.41, 5.74) is 0.893. The molecule has 0 fully saturated rings. The Morgan fingerprint density at radius 2 is 1.92 bits per heavy atom. The topological polar surface area (TPSA) is 43.4 Å². The zero-order valence-corrected chi connectivity index (χ0v) is 15.4. The number of fused-ring (bicyclic) bond motifs is 1. The van der Waals surface area contributed by atoms with Gasteiger partial charge in [0, 0.05) is 4.90 Å². The second-order valence-electron chi connectivity index (χ2n) is 5.96. The van der Waals surface area contributed by atoms with Crippen LogP contribution in [-0.4, -0.2) is 20.8 Å². The highest BCUT2D eigenvalue weighted by Gasteiger charge is 2.35. The first-order valence-electron chi connectivity index (χ1n) is 8.31. The van der Waals surface area contributed by atoms with Crippen LogP contribution in [0.15, 0.2) is 58.3 Å². The average Bonchev–Trinajstić information content (AvgIpc) is 2.83. The Morgan fingerprint density at radius 3 is 2.67 bits per heavy atom. The number of thioether (sulfide) groups is 1. The molecule has 3 rings (SSSR count). The SMILES string of the molecule is CCCCCOc1ccc2c(c1)S(=O)(=O)CC2Sc1ccccc1. The number of hydrogen-bond donors (Lipinski definition) is 0. The minimum Gasteiger partial charge on any atom is -0.494 e. The van der Waals surface area contributed by atoms with Crippen molar-refractivity contribution in [1.29, 1.82) is 0 Å². The first-order valence-corrected chi connectivity index (χ1v) is 10.8. The lowest BCUT2D eigenvalue weighted by atomic mass is 10.1. The first-order chi connectivity index (χ1) is 11.6. The van der Waals surface area contributed by atoms with Crippen LogP contribution < -0.4 is 4.74 Å². The van der Waals surface area contributed by atoms with Gasteiger partial charge >= 0.3 is 0 Å². The molecule has 0 radical (unpaired) electrons. The van der Waals surface area contributed by atoms with E-state index in [0.29, 0.717) is 17.3 Å². The Hall–Kier alpha value is -1.46. The van der Waals surface area contributed by atoms with Crippen molar-refractivity contribution in [3.8, 4) is 5.75 Å². The molecule has 1 aliphatic heterocycles. The average molecular weight is 363 g/mol. The number of unbranched alkanes of at least 4 members (excludes halogenated alkanes) is 2. The van der Waals surface area contributed by atoms with Crippen LogP contribution in [0.2, 0.25) is 0 Å². The monoisotopic (exact) mass is 362 g/mol. The molecule has 5 heteroatoms. The van der Waals surface area contributed by atoms with E-state index in [2.05, 4.69) is 6.92 Å². The molecular weight excluding hydrogens is 340 g/mol. The third-order valence-corrected chi connectivity index (χ3v) is 7.33. The van der Waals surface area contributed by atoms with Crippen molar-refractivity contribution >= 4 is 21.6 Å². The van der Waals surface area contributed by atoms with E-state index < -0.39 is 9.84 Å². The van der Waals surface area contributed by atoms with Crippen LogP contribution in [0.4, 0.5) is 0 Å². The maximum atomic E-state index is 12.5. The van der Waals surface area contributed by atoms with E-state index in [1.807, 2.05) is 42.5 Å². The lowest BCUT2D eigenvalue weighted by Crippen LogP contribution is -2.01. The molecule has 1 heterocycles. The highest BCUT2D eigenvalue weighted by atomic mass is 32.2. The van der Waals surface area contributed by atoms with Gasteiger partial charge in [0.05, 0.1) is 22.5 Å². The molecule has 2 aromatic rings. The van der Waals surface area contributed by atoms with Crippen molar-refractivity contribution < 1.29 is 13.2 Å². The van der Waals surface area contributed by atoms with Crippen LogP contribution >= 0.6 is 11.8 Å². The number of hydrogen-bond acceptors (Lipinski definition) is 4. The zero-order valence-electron chi connectivity index (χ0n) is 13.8. The highest BCUT2D eigenvalue weighted by molar-refractivity contribution is 8.01. The lowest BCUT2D eigenvalue weighted by molar-refractivity contribution is 0.305. The summed E-state index contributed by atoms with van der Waals surface area (Å²) in [5, 5.41) is -0.0541. The molecule has 1 aliphatic rings. The van der Waals surface area contributed by atoms with E-state index in [1.165, 1.54) is 0 Å². The van der Waals surface area contributed by atoms with E-state index in [1.54, 1.807) is 17.8 Å². The maximum Gasteiger partial charge on any atom is 0.180 e. The van der Waals surface area contributed by atoms with Crippen LogP contribution in [-0.2, 0) is 9.84 Å². The van der Waals surface area contributed by atoms with Crippen LogP contribution in [0.5, 0.6) is 5.75 Å². The van der Waals surface area contributed by atoms with Gasteiger partial charge in [-0.1, -0.05) is 44.0 Å². The second kappa shape index (κ2) is 7.62. The summed E-state index contributed by atoms with van der Waals surface area (Å²) in [7, 11) is -3.23. The number of rotatable bonds is 7. The largest absolute Gasteiger partial charge is 0.494 e. The van der Waals surface area contributed by atoms with Gasteiger partial charge in [-0.05, 0) is 36.2 Å². The third kappa shape index (κ3) is 3.95. The summed E-state index contributed by atoms with van der Waals surface area (Å²) in [6.45, 7) is 2.78. The summed E-state index contributed by atoms with van der Waals surface area (Å²) < 4.78 is 30.7. The zero-order chi connectivity index (χ0) is 17.0. The number of sulfone groups is 1. The van der Waals surface area contributed by atoms with Crippen LogP contribution in [0.1, 0.15) is 37.0 Å². The summed E-state index contributed by atoms with van der Waals surface area (Å²) in [6.07, 6.45) is 3.26. The Bertz CT molecular complexity index is 786. The van der Waals surface area contributed by atoms with E-state index in [9.17, 15) is 8.42 Å². The van der Waals surface area contributed by atoms with Crippen molar-refractivity contribution in [2.24, 2.45) is 0 Å². The Balaban J connectivity index is 1.78. The van der Waals surface area contributed by atoms with Crippen LogP contribution in [0, 0.1) is 0 Å². The van der Waals surface area contributed by atoms with E-state index in [4.69, 9.17) is 4.74 Å². The third-order valence-electron chi connectivity index (χ3n) is 4.08. The first kappa shape index (κ1) is 17.4. The summed E-state index contributed by atoms with van der Waals surface area (Å²) in [5.74, 6) is 0.806. The van der Waals surface area contributed by atoms with E-state index in [-0.39, 0.29) is 11.0 Å². The predicted molar refractivity (Wildman–Crippen MR) is 98.6 cm³/mol. The molecule has 0 aliphatic carbocycles. The van der Waals surface area contributed by atoms with Gasteiger partial charge in [0.1, 0.15) is 5.75 Å². The van der Waals surface area contributed by atoms with E-state index in [0.717, 1.165) is 29.7 Å². The maximum absolute atomic E-state index is 12.5. The van der Waals surface area contributed by atoms with Crippen molar-refractivity contribution in [1.82, 2.24) is 0 Å². The molecule has 0 amide bonds. The van der Waals surface area contributed by atoms with Gasteiger partial charge in [0.15, 0.2) is 9.84 Å². The van der Waals surface area contributed by atoms with Gasteiger partial charge in [-0.25, -0.2) is 8.42 Å². The van der Waals surface area contributed by atoms with Gasteiger partial charge in [-0.3, -0.25) is 0 Å². The Labute approximate surface area is 148 Å². The molecule has 0 spiro atoms. The van der Waals surface area contributed by atoms with Gasteiger partial charge in [-0.15, -0.1) is 11.8 Å². The molecule has 0 saturated heterocycles. The second-order valence-corrected chi connectivity index (χ2v) is 9.23. The lowest BCUT2D eigenvalue weighted by Gasteiger charge is -2.11. The molecule has 1 atom stereocenters. The molecule has 0 N–H and O–H groups in total. The molecule has 0 bridgehead atoms. The molecule has 0 aromatic heterocycles. The fraction of sp³-hybridized carbons (Fsp3) is 0.368. The van der Waals surface area contributed by atoms with Gasteiger partial charge < -0.3 is 4.74 Å². The Morgan fingerprint density at radius 1 is 1.12 bits per heavy atom. The van der Waals surface area contributed by atoms with Crippen LogP contribution in [0.3, 0.4) is 0 Å². The molecule has 0 saturated carbocycles. The normalized spacial score (nSPS) is 18.3. The van der Waals surface area contributed by atoms with Crippen molar-refractivity contribution in [3.63, 3.8) is 0 Å². The predicted octanol–water partition coefficient (Wildman–Crippen LogP) is 4.88. The molecule has 128 valence electrons. The standard InChI is InChI=1S/C19H22O3S2/c1-2-3-7-12-22-15-10-11-17-18(14-24(20,21)19(17)13-15)23-16-8-5-4-6-9-16/h4-6,8-11,13,18H,2-3,7,12,14H2,1H3. The summed E-state index contributed by atoms with van der Waals surface area (Å²) in [4.78, 5) is 1.52. The molecule has 2 aromatic carbocycles. The number of benzene rings is 2. The quantitative estimate of drug-likeness (QED) is 0.659. The van der Waals surface area contributed by atoms with Gasteiger partial charge in [0.2, 0.25) is 0 Å². The molecule has 24 heavy (non-hydrogen) atoms. The van der Waals surface area contributed by atoms with Gasteiger partial charge in [0.25, 0.3) is 0 Å². The highest BCUT2D eigenvalue weighted by Crippen LogP contribution is 2.45. The van der Waals surface area contributed by atoms with Crippen molar-refractivity contribution in [2.75, 3.05) is 12.4 Å². The van der Waals surface area contributed by atoms with Gasteiger partial charge in [-0.2, -0.15) is 0 Å². The van der Waals surface area contributed by atoms with Crippen molar-refractivity contribution in [3.05, 3.63) is 54.1 Å². The fourth-order valence-corrected chi connectivity index (χ4v) is 6.30. The molecular formula is C19H22O3S2. The minimum absolute atomic E-state index is 0.0541. The van der Waals surface area contributed by atoms with Crippen molar-refractivity contribution in [2.45, 2.75) is 41.2 Å². The minimum atomic E-state index is -3.23. The molecule has 3 nitrogen and oxygen atoms in total. The summed E-state index contributed by atoms with van der Waals surface area (Å²) in [6, 6.07) is 15.4. The van der Waals surface area contributed by atoms with Crippen LogP contribution in [0.25, 0.3) is 0 Å². The summed E-state index contributed by atoms with van der Waals surface area (Å²) >= 11 is 1.61.